The lowest BCUT2D eigenvalue weighted by atomic mass is 10.1. The summed E-state index contributed by atoms with van der Waals surface area (Å²) in [5.41, 5.74) is 2.35. The highest BCUT2D eigenvalue weighted by atomic mass is 16.2. The Bertz CT molecular complexity index is 645. The fraction of sp³-hybridized carbons (Fsp3) is 0.412. The number of aromatic nitrogens is 2. The summed E-state index contributed by atoms with van der Waals surface area (Å²) in [6.45, 7) is 4.29. The molecule has 1 aliphatic rings. The van der Waals surface area contributed by atoms with E-state index in [-0.39, 0.29) is 6.03 Å². The second kappa shape index (κ2) is 6.83. The Morgan fingerprint density at radius 2 is 1.96 bits per heavy atom. The van der Waals surface area contributed by atoms with Gasteiger partial charge in [0.1, 0.15) is 0 Å². The number of hydrogen-bond donors (Lipinski definition) is 0. The molecule has 0 spiro atoms. The lowest BCUT2D eigenvalue weighted by Gasteiger charge is -2.36. The van der Waals surface area contributed by atoms with Crippen LogP contribution in [0.2, 0.25) is 0 Å². The van der Waals surface area contributed by atoms with Gasteiger partial charge < -0.3 is 9.80 Å². The van der Waals surface area contributed by atoms with Crippen molar-refractivity contribution >= 4 is 6.03 Å². The van der Waals surface area contributed by atoms with E-state index < -0.39 is 0 Å². The van der Waals surface area contributed by atoms with Gasteiger partial charge in [0.25, 0.3) is 0 Å². The van der Waals surface area contributed by atoms with Crippen molar-refractivity contribution in [3.63, 3.8) is 0 Å². The minimum Gasteiger partial charge on any atom is -0.331 e. The predicted octanol–water partition coefficient (Wildman–Crippen LogP) is 1.67. The van der Waals surface area contributed by atoms with E-state index in [1.54, 1.807) is 25.2 Å². The van der Waals surface area contributed by atoms with E-state index in [4.69, 9.17) is 0 Å². The van der Waals surface area contributed by atoms with E-state index >= 15 is 0 Å². The van der Waals surface area contributed by atoms with Crippen molar-refractivity contribution < 1.29 is 4.79 Å². The van der Waals surface area contributed by atoms with E-state index in [1.165, 1.54) is 5.56 Å². The second-order valence-corrected chi connectivity index (χ2v) is 6.06. The SMILES string of the molecule is CN(C)C(=O)N1CCN(Cc2cccc(-n3cccn3)c2)CC1. The summed E-state index contributed by atoms with van der Waals surface area (Å²) < 4.78 is 1.87. The third kappa shape index (κ3) is 3.71. The Labute approximate surface area is 136 Å². The molecular formula is C17H23N5O. The summed E-state index contributed by atoms with van der Waals surface area (Å²) in [6.07, 6.45) is 3.73. The number of hydrogen-bond acceptors (Lipinski definition) is 3. The van der Waals surface area contributed by atoms with E-state index in [1.807, 2.05) is 21.8 Å². The fourth-order valence-electron chi connectivity index (χ4n) is 2.86. The van der Waals surface area contributed by atoms with E-state index in [0.717, 1.165) is 38.4 Å². The lowest BCUT2D eigenvalue weighted by molar-refractivity contribution is 0.120. The monoisotopic (exact) mass is 313 g/mol. The lowest BCUT2D eigenvalue weighted by Crippen LogP contribution is -2.51. The van der Waals surface area contributed by atoms with Crippen molar-refractivity contribution in [3.8, 4) is 5.69 Å². The minimum atomic E-state index is 0.102. The van der Waals surface area contributed by atoms with Crippen LogP contribution in [0.3, 0.4) is 0 Å². The molecule has 0 unspecified atom stereocenters. The van der Waals surface area contributed by atoms with Gasteiger partial charge in [0.15, 0.2) is 0 Å². The van der Waals surface area contributed by atoms with Crippen LogP contribution in [0, 0.1) is 0 Å². The highest BCUT2D eigenvalue weighted by Gasteiger charge is 2.22. The summed E-state index contributed by atoms with van der Waals surface area (Å²) in [5.74, 6) is 0. The molecule has 3 rings (SSSR count). The quantitative estimate of drug-likeness (QED) is 0.866. The first-order chi connectivity index (χ1) is 11.1. The second-order valence-electron chi connectivity index (χ2n) is 6.06. The summed E-state index contributed by atoms with van der Waals surface area (Å²) in [5, 5.41) is 4.27. The van der Waals surface area contributed by atoms with Gasteiger partial charge in [0, 0.05) is 59.2 Å². The number of piperazine rings is 1. The molecule has 122 valence electrons. The molecule has 23 heavy (non-hydrogen) atoms. The summed E-state index contributed by atoms with van der Waals surface area (Å²) in [6, 6.07) is 10.5. The molecule has 1 aromatic carbocycles. The molecule has 0 saturated carbocycles. The zero-order valence-corrected chi connectivity index (χ0v) is 13.7. The third-order valence-electron chi connectivity index (χ3n) is 4.11. The van der Waals surface area contributed by atoms with E-state index in [2.05, 4.69) is 34.3 Å². The molecule has 1 saturated heterocycles. The molecule has 1 aliphatic heterocycles. The van der Waals surface area contributed by atoms with Gasteiger partial charge in [-0.25, -0.2) is 9.48 Å². The Morgan fingerprint density at radius 3 is 2.61 bits per heavy atom. The average Bonchev–Trinajstić information content (AvgIpc) is 3.10. The number of carbonyl (C=O) groups excluding carboxylic acids is 1. The number of nitrogens with zero attached hydrogens (tertiary/aromatic N) is 5. The van der Waals surface area contributed by atoms with Gasteiger partial charge >= 0.3 is 6.03 Å². The van der Waals surface area contributed by atoms with E-state index in [0.29, 0.717) is 0 Å². The van der Waals surface area contributed by atoms with Crippen LogP contribution in [-0.2, 0) is 6.54 Å². The third-order valence-corrected chi connectivity index (χ3v) is 4.11. The first kappa shape index (κ1) is 15.6. The maximum absolute atomic E-state index is 12.0. The van der Waals surface area contributed by atoms with Crippen molar-refractivity contribution in [2.24, 2.45) is 0 Å². The molecule has 1 fully saturated rings. The number of rotatable bonds is 3. The smallest absolute Gasteiger partial charge is 0.319 e. The van der Waals surface area contributed by atoms with Crippen molar-refractivity contribution in [2.45, 2.75) is 6.54 Å². The number of urea groups is 1. The zero-order chi connectivity index (χ0) is 16.2. The first-order valence-electron chi connectivity index (χ1n) is 7.91. The van der Waals surface area contributed by atoms with Crippen LogP contribution >= 0.6 is 0 Å². The molecular weight excluding hydrogens is 290 g/mol. The van der Waals surface area contributed by atoms with Crippen molar-refractivity contribution in [3.05, 3.63) is 48.3 Å². The molecule has 1 aromatic heterocycles. The molecule has 6 heteroatoms. The summed E-state index contributed by atoms with van der Waals surface area (Å²) in [7, 11) is 3.60. The van der Waals surface area contributed by atoms with Crippen LogP contribution in [0.4, 0.5) is 4.79 Å². The van der Waals surface area contributed by atoms with Gasteiger partial charge in [0.2, 0.25) is 0 Å². The van der Waals surface area contributed by atoms with Crippen LogP contribution in [-0.4, -0.2) is 70.8 Å². The average molecular weight is 313 g/mol. The molecule has 0 aliphatic carbocycles. The predicted molar refractivity (Wildman–Crippen MR) is 89.5 cm³/mol. The van der Waals surface area contributed by atoms with Crippen LogP contribution < -0.4 is 0 Å². The van der Waals surface area contributed by atoms with Crippen molar-refractivity contribution in [1.82, 2.24) is 24.5 Å². The number of benzene rings is 1. The van der Waals surface area contributed by atoms with Crippen molar-refractivity contribution in [2.75, 3.05) is 40.3 Å². The van der Waals surface area contributed by atoms with Gasteiger partial charge in [-0.15, -0.1) is 0 Å². The molecule has 0 radical (unpaired) electrons. The van der Waals surface area contributed by atoms with Gasteiger partial charge in [-0.2, -0.15) is 5.10 Å². The van der Waals surface area contributed by atoms with Crippen LogP contribution in [0.25, 0.3) is 5.69 Å². The highest BCUT2D eigenvalue weighted by molar-refractivity contribution is 5.73. The largest absolute Gasteiger partial charge is 0.331 e. The first-order valence-corrected chi connectivity index (χ1v) is 7.91. The molecule has 6 nitrogen and oxygen atoms in total. The molecule has 2 aromatic rings. The maximum Gasteiger partial charge on any atom is 0.319 e. The van der Waals surface area contributed by atoms with E-state index in [9.17, 15) is 4.79 Å². The molecule has 2 amide bonds. The topological polar surface area (TPSA) is 44.6 Å². The van der Waals surface area contributed by atoms with Crippen LogP contribution in [0.15, 0.2) is 42.7 Å². The molecule has 2 heterocycles. The Hall–Kier alpha value is -2.34. The molecule has 0 bridgehead atoms. The highest BCUT2D eigenvalue weighted by Crippen LogP contribution is 2.13. The normalized spacial score (nSPS) is 15.7. The molecule has 0 N–H and O–H groups in total. The van der Waals surface area contributed by atoms with Crippen molar-refractivity contribution in [1.29, 1.82) is 0 Å². The summed E-state index contributed by atoms with van der Waals surface area (Å²) >= 11 is 0. The van der Waals surface area contributed by atoms with Crippen LogP contribution in [0.1, 0.15) is 5.56 Å². The van der Waals surface area contributed by atoms with Gasteiger partial charge in [-0.1, -0.05) is 12.1 Å². The fourth-order valence-corrected chi connectivity index (χ4v) is 2.86. The standard InChI is InChI=1S/C17H23N5O/c1-19(2)17(23)21-11-9-20(10-12-21)14-15-5-3-6-16(13-15)22-8-4-7-18-22/h3-8,13H,9-12,14H2,1-2H3. The van der Waals surface area contributed by atoms with Gasteiger partial charge in [-0.05, 0) is 23.8 Å². The van der Waals surface area contributed by atoms with Gasteiger partial charge in [0.05, 0.1) is 5.69 Å². The number of carbonyl (C=O) groups is 1. The zero-order valence-electron chi connectivity index (χ0n) is 13.7. The van der Waals surface area contributed by atoms with Crippen LogP contribution in [0.5, 0.6) is 0 Å². The van der Waals surface area contributed by atoms with Gasteiger partial charge in [-0.3, -0.25) is 4.90 Å². The Balaban J connectivity index is 1.59. The maximum atomic E-state index is 12.0. The Kier molecular flexibility index (Phi) is 4.62. The Morgan fingerprint density at radius 1 is 1.17 bits per heavy atom. The molecule has 0 atom stereocenters. The summed E-state index contributed by atoms with van der Waals surface area (Å²) in [4.78, 5) is 17.9. The minimum absolute atomic E-state index is 0.102. The number of amides is 2.